The Morgan fingerprint density at radius 1 is 1.25 bits per heavy atom. The van der Waals surface area contributed by atoms with Crippen LogP contribution in [-0.4, -0.2) is 16.5 Å². The number of fused-ring (bicyclic) bond motifs is 1. The lowest BCUT2D eigenvalue weighted by atomic mass is 9.81. The summed E-state index contributed by atoms with van der Waals surface area (Å²) in [6.07, 6.45) is 8.39. The third-order valence-corrected chi connectivity index (χ3v) is 4.33. The molecule has 0 bridgehead atoms. The van der Waals surface area contributed by atoms with Crippen molar-refractivity contribution in [3.8, 4) is 0 Å². The first-order valence-electron chi connectivity index (χ1n) is 7.65. The summed E-state index contributed by atoms with van der Waals surface area (Å²) in [4.78, 5) is 7.42. The SMILES string of the molecule is CC1CCC(NCCCc2ncc[nH]2)c2ccccc21. The van der Waals surface area contributed by atoms with Crippen LogP contribution in [0, 0.1) is 0 Å². The molecule has 0 fully saturated rings. The summed E-state index contributed by atoms with van der Waals surface area (Å²) in [5.74, 6) is 1.79. The molecule has 1 aromatic heterocycles. The Morgan fingerprint density at radius 3 is 2.90 bits per heavy atom. The fourth-order valence-corrected chi connectivity index (χ4v) is 3.18. The number of benzene rings is 1. The van der Waals surface area contributed by atoms with Crippen molar-refractivity contribution in [2.24, 2.45) is 0 Å². The molecule has 3 nitrogen and oxygen atoms in total. The summed E-state index contributed by atoms with van der Waals surface area (Å²) in [7, 11) is 0. The quantitative estimate of drug-likeness (QED) is 0.815. The van der Waals surface area contributed by atoms with Crippen molar-refractivity contribution in [2.45, 2.75) is 44.6 Å². The van der Waals surface area contributed by atoms with Crippen LogP contribution in [0.15, 0.2) is 36.7 Å². The molecule has 1 heterocycles. The van der Waals surface area contributed by atoms with Crippen molar-refractivity contribution in [1.29, 1.82) is 0 Å². The Hall–Kier alpha value is -1.61. The highest BCUT2D eigenvalue weighted by atomic mass is 14.9. The minimum Gasteiger partial charge on any atom is -0.349 e. The summed E-state index contributed by atoms with van der Waals surface area (Å²) in [6.45, 7) is 3.39. The second kappa shape index (κ2) is 6.23. The summed E-state index contributed by atoms with van der Waals surface area (Å²) in [5.41, 5.74) is 3.03. The van der Waals surface area contributed by atoms with E-state index in [0.29, 0.717) is 12.0 Å². The second-order valence-electron chi connectivity index (χ2n) is 5.75. The molecule has 2 aromatic rings. The van der Waals surface area contributed by atoms with Crippen molar-refractivity contribution >= 4 is 0 Å². The number of hydrogen-bond acceptors (Lipinski definition) is 2. The third kappa shape index (κ3) is 2.93. The molecular formula is C17H23N3. The van der Waals surface area contributed by atoms with Crippen LogP contribution in [0.5, 0.6) is 0 Å². The van der Waals surface area contributed by atoms with E-state index in [-0.39, 0.29) is 0 Å². The van der Waals surface area contributed by atoms with Crippen LogP contribution in [0.25, 0.3) is 0 Å². The molecule has 1 aliphatic carbocycles. The van der Waals surface area contributed by atoms with Crippen LogP contribution in [0.2, 0.25) is 0 Å². The fourth-order valence-electron chi connectivity index (χ4n) is 3.18. The van der Waals surface area contributed by atoms with Gasteiger partial charge >= 0.3 is 0 Å². The van der Waals surface area contributed by atoms with Crippen LogP contribution in [0.1, 0.15) is 55.1 Å². The number of hydrogen-bond donors (Lipinski definition) is 2. The average Bonchev–Trinajstić information content (AvgIpc) is 2.99. The third-order valence-electron chi connectivity index (χ3n) is 4.33. The van der Waals surface area contributed by atoms with Gasteiger partial charge in [-0.3, -0.25) is 0 Å². The number of nitrogens with one attached hydrogen (secondary N) is 2. The number of aromatic amines is 1. The van der Waals surface area contributed by atoms with Gasteiger partial charge in [0.1, 0.15) is 5.82 Å². The van der Waals surface area contributed by atoms with Gasteiger partial charge in [0.05, 0.1) is 0 Å². The Kier molecular flexibility index (Phi) is 4.16. The predicted octanol–water partition coefficient (Wildman–Crippen LogP) is 3.57. The van der Waals surface area contributed by atoms with Crippen molar-refractivity contribution in [1.82, 2.24) is 15.3 Å². The minimum absolute atomic E-state index is 0.527. The number of imidazole rings is 1. The molecule has 1 aliphatic rings. The van der Waals surface area contributed by atoms with Gasteiger partial charge in [0.15, 0.2) is 0 Å². The maximum atomic E-state index is 4.26. The summed E-state index contributed by atoms with van der Waals surface area (Å²) in [6, 6.07) is 9.42. The molecule has 106 valence electrons. The molecule has 0 aliphatic heterocycles. The molecule has 3 rings (SSSR count). The molecule has 0 radical (unpaired) electrons. The zero-order valence-corrected chi connectivity index (χ0v) is 12.1. The van der Waals surface area contributed by atoms with E-state index in [2.05, 4.69) is 46.5 Å². The first kappa shape index (κ1) is 13.4. The van der Waals surface area contributed by atoms with Crippen molar-refractivity contribution in [3.63, 3.8) is 0 Å². The molecule has 0 amide bonds. The Labute approximate surface area is 120 Å². The number of rotatable bonds is 5. The predicted molar refractivity (Wildman–Crippen MR) is 81.7 cm³/mol. The maximum Gasteiger partial charge on any atom is 0.106 e. The van der Waals surface area contributed by atoms with Crippen LogP contribution in [0.4, 0.5) is 0 Å². The van der Waals surface area contributed by atoms with Gasteiger partial charge in [0, 0.05) is 24.9 Å². The summed E-state index contributed by atoms with van der Waals surface area (Å²) in [5, 5.41) is 3.72. The zero-order valence-electron chi connectivity index (χ0n) is 12.1. The zero-order chi connectivity index (χ0) is 13.8. The van der Waals surface area contributed by atoms with Crippen molar-refractivity contribution < 1.29 is 0 Å². The molecule has 2 atom stereocenters. The first-order valence-corrected chi connectivity index (χ1v) is 7.65. The Bertz CT molecular complexity index is 533. The largest absolute Gasteiger partial charge is 0.349 e. The minimum atomic E-state index is 0.527. The number of H-pyrrole nitrogens is 1. The van der Waals surface area contributed by atoms with Gasteiger partial charge in [-0.15, -0.1) is 0 Å². The summed E-state index contributed by atoms with van der Waals surface area (Å²) < 4.78 is 0. The van der Waals surface area contributed by atoms with Crippen LogP contribution >= 0.6 is 0 Å². The Balaban J connectivity index is 1.54. The monoisotopic (exact) mass is 269 g/mol. The topological polar surface area (TPSA) is 40.7 Å². The van der Waals surface area contributed by atoms with E-state index in [1.807, 2.05) is 12.4 Å². The lowest BCUT2D eigenvalue weighted by Gasteiger charge is -2.30. The Morgan fingerprint density at radius 2 is 2.10 bits per heavy atom. The van der Waals surface area contributed by atoms with Gasteiger partial charge in [-0.2, -0.15) is 0 Å². The van der Waals surface area contributed by atoms with E-state index in [4.69, 9.17) is 0 Å². The number of aryl methyl sites for hydroxylation is 1. The van der Waals surface area contributed by atoms with Gasteiger partial charge in [0.25, 0.3) is 0 Å². The van der Waals surface area contributed by atoms with Gasteiger partial charge < -0.3 is 10.3 Å². The lowest BCUT2D eigenvalue weighted by Crippen LogP contribution is -2.27. The fraction of sp³-hybridized carbons (Fsp3) is 0.471. The lowest BCUT2D eigenvalue weighted by molar-refractivity contribution is 0.429. The molecular weight excluding hydrogens is 246 g/mol. The van der Waals surface area contributed by atoms with Crippen LogP contribution in [-0.2, 0) is 6.42 Å². The second-order valence-corrected chi connectivity index (χ2v) is 5.75. The van der Waals surface area contributed by atoms with Gasteiger partial charge in [-0.05, 0) is 42.9 Å². The van der Waals surface area contributed by atoms with E-state index < -0.39 is 0 Å². The standard InChI is InChI=1S/C17H23N3/c1-13-8-9-16(15-6-3-2-5-14(13)15)18-10-4-7-17-19-11-12-20-17/h2-3,5-6,11-13,16,18H,4,7-10H2,1H3,(H,19,20). The molecule has 0 saturated heterocycles. The van der Waals surface area contributed by atoms with E-state index >= 15 is 0 Å². The molecule has 2 unspecified atom stereocenters. The molecule has 2 N–H and O–H groups in total. The normalized spacial score (nSPS) is 21.6. The van der Waals surface area contributed by atoms with E-state index in [1.165, 1.54) is 24.0 Å². The highest BCUT2D eigenvalue weighted by Crippen LogP contribution is 2.36. The van der Waals surface area contributed by atoms with E-state index in [1.54, 1.807) is 0 Å². The van der Waals surface area contributed by atoms with Gasteiger partial charge in [-0.1, -0.05) is 31.2 Å². The first-order chi connectivity index (χ1) is 9.84. The van der Waals surface area contributed by atoms with Crippen LogP contribution in [0.3, 0.4) is 0 Å². The van der Waals surface area contributed by atoms with E-state index in [0.717, 1.165) is 25.2 Å². The van der Waals surface area contributed by atoms with Crippen molar-refractivity contribution in [3.05, 3.63) is 53.6 Å². The van der Waals surface area contributed by atoms with Crippen molar-refractivity contribution in [2.75, 3.05) is 6.54 Å². The number of aromatic nitrogens is 2. The molecule has 20 heavy (non-hydrogen) atoms. The number of nitrogens with zero attached hydrogens (tertiary/aromatic N) is 1. The highest BCUT2D eigenvalue weighted by molar-refractivity contribution is 5.34. The van der Waals surface area contributed by atoms with E-state index in [9.17, 15) is 0 Å². The summed E-state index contributed by atoms with van der Waals surface area (Å²) >= 11 is 0. The molecule has 0 spiro atoms. The molecule has 0 saturated carbocycles. The average molecular weight is 269 g/mol. The highest BCUT2D eigenvalue weighted by Gasteiger charge is 2.23. The maximum absolute atomic E-state index is 4.26. The smallest absolute Gasteiger partial charge is 0.106 e. The van der Waals surface area contributed by atoms with Gasteiger partial charge in [0.2, 0.25) is 0 Å². The molecule has 1 aromatic carbocycles. The van der Waals surface area contributed by atoms with Gasteiger partial charge in [-0.25, -0.2) is 4.98 Å². The molecule has 3 heteroatoms. The van der Waals surface area contributed by atoms with Crippen LogP contribution < -0.4 is 5.32 Å².